The van der Waals surface area contributed by atoms with Gasteiger partial charge < -0.3 is 14.8 Å². The van der Waals surface area contributed by atoms with E-state index in [-0.39, 0.29) is 17.7 Å². The van der Waals surface area contributed by atoms with E-state index in [1.165, 1.54) is 0 Å². The first-order chi connectivity index (χ1) is 12.5. The van der Waals surface area contributed by atoms with Crippen molar-refractivity contribution in [1.29, 1.82) is 0 Å². The average molecular weight is 356 g/mol. The Labute approximate surface area is 154 Å². The number of likely N-dealkylation sites (tertiary alicyclic amines) is 1. The van der Waals surface area contributed by atoms with Crippen molar-refractivity contribution < 1.29 is 9.59 Å². The van der Waals surface area contributed by atoms with Crippen LogP contribution in [0, 0.1) is 11.8 Å². The summed E-state index contributed by atoms with van der Waals surface area (Å²) in [6.45, 7) is 6.06. The van der Waals surface area contributed by atoms with Crippen molar-refractivity contribution >= 4 is 22.8 Å². The van der Waals surface area contributed by atoms with Crippen LogP contribution in [0.2, 0.25) is 0 Å². The molecule has 1 fully saturated rings. The van der Waals surface area contributed by atoms with Crippen LogP contribution in [0.15, 0.2) is 24.3 Å². The molecule has 1 aliphatic rings. The third kappa shape index (κ3) is 4.06. The van der Waals surface area contributed by atoms with Gasteiger partial charge in [-0.2, -0.15) is 0 Å². The van der Waals surface area contributed by atoms with Crippen LogP contribution in [-0.4, -0.2) is 45.9 Å². The maximum atomic E-state index is 12.3. The van der Waals surface area contributed by atoms with Crippen molar-refractivity contribution in [3.8, 4) is 0 Å². The molecule has 1 atom stereocenters. The van der Waals surface area contributed by atoms with Crippen LogP contribution in [0.3, 0.4) is 0 Å². The molecule has 1 aliphatic heterocycles. The SMILES string of the molecule is CC(C)CN1C[C@@H](C(=O)NCCCc2nc3ccccc3n2C)CC1=O. The van der Waals surface area contributed by atoms with Gasteiger partial charge in [0, 0.05) is 39.5 Å². The van der Waals surface area contributed by atoms with Crippen molar-refractivity contribution in [3.05, 3.63) is 30.1 Å². The lowest BCUT2D eigenvalue weighted by Gasteiger charge is -2.18. The maximum absolute atomic E-state index is 12.3. The fourth-order valence-corrected chi connectivity index (χ4v) is 3.59. The van der Waals surface area contributed by atoms with Crippen molar-refractivity contribution in [2.75, 3.05) is 19.6 Å². The molecule has 0 spiro atoms. The molecule has 140 valence electrons. The van der Waals surface area contributed by atoms with Crippen molar-refractivity contribution in [3.63, 3.8) is 0 Å². The summed E-state index contributed by atoms with van der Waals surface area (Å²) < 4.78 is 2.11. The molecule has 2 aromatic rings. The summed E-state index contributed by atoms with van der Waals surface area (Å²) in [6.07, 6.45) is 1.98. The number of carbonyl (C=O) groups is 2. The van der Waals surface area contributed by atoms with E-state index in [1.54, 1.807) is 0 Å². The van der Waals surface area contributed by atoms with Gasteiger partial charge in [0.05, 0.1) is 17.0 Å². The highest BCUT2D eigenvalue weighted by molar-refractivity contribution is 5.89. The molecule has 0 bridgehead atoms. The predicted octanol–water partition coefficient (Wildman–Crippen LogP) is 2.13. The lowest BCUT2D eigenvalue weighted by molar-refractivity contribution is -0.129. The number of nitrogens with zero attached hydrogens (tertiary/aromatic N) is 3. The summed E-state index contributed by atoms with van der Waals surface area (Å²) in [4.78, 5) is 30.8. The molecule has 2 heterocycles. The minimum absolute atomic E-state index is 0.00499. The highest BCUT2D eigenvalue weighted by Crippen LogP contribution is 2.19. The standard InChI is InChI=1S/C20H28N4O2/c1-14(2)12-24-13-15(11-19(24)25)20(26)21-10-6-9-18-22-16-7-4-5-8-17(16)23(18)3/h4-5,7-8,14-15H,6,9-13H2,1-3H3,(H,21,26)/t15-/m0/s1. The molecule has 1 aromatic carbocycles. The summed E-state index contributed by atoms with van der Waals surface area (Å²) in [7, 11) is 2.02. The van der Waals surface area contributed by atoms with Crippen LogP contribution >= 0.6 is 0 Å². The molecule has 0 unspecified atom stereocenters. The molecule has 26 heavy (non-hydrogen) atoms. The van der Waals surface area contributed by atoms with Crippen molar-refractivity contribution in [2.24, 2.45) is 18.9 Å². The number of amides is 2. The van der Waals surface area contributed by atoms with Crippen LogP contribution in [0.25, 0.3) is 11.0 Å². The van der Waals surface area contributed by atoms with E-state index in [0.29, 0.717) is 25.4 Å². The third-order valence-electron chi connectivity index (χ3n) is 4.93. The van der Waals surface area contributed by atoms with Crippen LogP contribution in [0.1, 0.15) is 32.5 Å². The Kier molecular flexibility index (Phi) is 5.59. The number of nitrogens with one attached hydrogen (secondary N) is 1. The van der Waals surface area contributed by atoms with E-state index in [2.05, 4.69) is 34.8 Å². The van der Waals surface area contributed by atoms with E-state index < -0.39 is 0 Å². The van der Waals surface area contributed by atoms with Gasteiger partial charge in [0.25, 0.3) is 0 Å². The Balaban J connectivity index is 1.45. The molecule has 3 rings (SSSR count). The molecule has 6 nitrogen and oxygen atoms in total. The Morgan fingerprint density at radius 3 is 2.85 bits per heavy atom. The van der Waals surface area contributed by atoms with E-state index in [0.717, 1.165) is 36.2 Å². The molecule has 1 N–H and O–H groups in total. The molecular formula is C20H28N4O2. The zero-order valence-electron chi connectivity index (χ0n) is 15.9. The van der Waals surface area contributed by atoms with Crippen LogP contribution < -0.4 is 5.32 Å². The first kappa shape index (κ1) is 18.4. The predicted molar refractivity (Wildman–Crippen MR) is 102 cm³/mol. The highest BCUT2D eigenvalue weighted by atomic mass is 16.2. The van der Waals surface area contributed by atoms with Gasteiger partial charge in [-0.05, 0) is 24.5 Å². The van der Waals surface area contributed by atoms with Gasteiger partial charge in [0.15, 0.2) is 0 Å². The third-order valence-corrected chi connectivity index (χ3v) is 4.93. The Bertz CT molecular complexity index is 796. The number of hydrogen-bond donors (Lipinski definition) is 1. The van der Waals surface area contributed by atoms with Crippen molar-refractivity contribution in [1.82, 2.24) is 19.8 Å². The molecule has 1 aromatic heterocycles. The van der Waals surface area contributed by atoms with Gasteiger partial charge in [-0.15, -0.1) is 0 Å². The second-order valence-electron chi connectivity index (χ2n) is 7.56. The topological polar surface area (TPSA) is 67.2 Å². The molecule has 1 saturated heterocycles. The smallest absolute Gasteiger partial charge is 0.225 e. The summed E-state index contributed by atoms with van der Waals surface area (Å²) in [5, 5.41) is 2.99. The molecular weight excluding hydrogens is 328 g/mol. The van der Waals surface area contributed by atoms with Gasteiger partial charge in [-0.25, -0.2) is 4.98 Å². The number of para-hydroxylation sites is 2. The number of aromatic nitrogens is 2. The van der Waals surface area contributed by atoms with E-state index in [4.69, 9.17) is 0 Å². The lowest BCUT2D eigenvalue weighted by atomic mass is 10.1. The van der Waals surface area contributed by atoms with Crippen LogP contribution in [-0.2, 0) is 23.1 Å². The summed E-state index contributed by atoms with van der Waals surface area (Å²) in [5.41, 5.74) is 2.13. The highest BCUT2D eigenvalue weighted by Gasteiger charge is 2.34. The molecule has 0 aliphatic carbocycles. The van der Waals surface area contributed by atoms with Gasteiger partial charge in [0.2, 0.25) is 11.8 Å². The summed E-state index contributed by atoms with van der Waals surface area (Å²) >= 11 is 0. The fourth-order valence-electron chi connectivity index (χ4n) is 3.59. The van der Waals surface area contributed by atoms with Crippen molar-refractivity contribution in [2.45, 2.75) is 33.1 Å². The second-order valence-corrected chi connectivity index (χ2v) is 7.56. The first-order valence-electron chi connectivity index (χ1n) is 9.41. The normalized spacial score (nSPS) is 17.5. The zero-order valence-corrected chi connectivity index (χ0v) is 15.9. The minimum atomic E-state index is -0.211. The van der Waals surface area contributed by atoms with E-state index >= 15 is 0 Å². The van der Waals surface area contributed by atoms with Gasteiger partial charge in [-0.3, -0.25) is 9.59 Å². The van der Waals surface area contributed by atoms with E-state index in [9.17, 15) is 9.59 Å². The second kappa shape index (κ2) is 7.89. The number of hydrogen-bond acceptors (Lipinski definition) is 3. The minimum Gasteiger partial charge on any atom is -0.356 e. The van der Waals surface area contributed by atoms with Gasteiger partial charge >= 0.3 is 0 Å². The average Bonchev–Trinajstić information content (AvgIpc) is 3.12. The number of rotatable bonds is 7. The Morgan fingerprint density at radius 1 is 1.35 bits per heavy atom. The summed E-state index contributed by atoms with van der Waals surface area (Å²) in [5.74, 6) is 1.33. The summed E-state index contributed by atoms with van der Waals surface area (Å²) in [6, 6.07) is 8.08. The lowest BCUT2D eigenvalue weighted by Crippen LogP contribution is -2.34. The quantitative estimate of drug-likeness (QED) is 0.773. The Morgan fingerprint density at radius 2 is 2.12 bits per heavy atom. The van der Waals surface area contributed by atoms with E-state index in [1.807, 2.05) is 30.1 Å². The molecule has 0 radical (unpaired) electrons. The molecule has 6 heteroatoms. The fraction of sp³-hybridized carbons (Fsp3) is 0.550. The maximum Gasteiger partial charge on any atom is 0.225 e. The number of fused-ring (bicyclic) bond motifs is 1. The first-order valence-corrected chi connectivity index (χ1v) is 9.41. The monoisotopic (exact) mass is 356 g/mol. The number of carbonyl (C=O) groups excluding carboxylic acids is 2. The van der Waals surface area contributed by atoms with Gasteiger partial charge in [-0.1, -0.05) is 26.0 Å². The zero-order chi connectivity index (χ0) is 18.7. The van der Waals surface area contributed by atoms with Crippen LogP contribution in [0.4, 0.5) is 0 Å². The number of aryl methyl sites for hydroxylation is 2. The molecule has 0 saturated carbocycles. The largest absolute Gasteiger partial charge is 0.356 e. The van der Waals surface area contributed by atoms with Gasteiger partial charge in [0.1, 0.15) is 5.82 Å². The van der Waals surface area contributed by atoms with Crippen LogP contribution in [0.5, 0.6) is 0 Å². The Hall–Kier alpha value is -2.37. The number of imidazole rings is 1. The number of benzene rings is 1. The molecule has 2 amide bonds.